The van der Waals surface area contributed by atoms with Crippen molar-refractivity contribution in [1.29, 1.82) is 0 Å². The zero-order valence-electron chi connectivity index (χ0n) is 14.0. The van der Waals surface area contributed by atoms with E-state index in [2.05, 4.69) is 0 Å². The molecule has 1 atom stereocenters. The molecule has 24 heavy (non-hydrogen) atoms. The van der Waals surface area contributed by atoms with Gasteiger partial charge in [0.1, 0.15) is 0 Å². The van der Waals surface area contributed by atoms with Crippen molar-refractivity contribution in [3.05, 3.63) is 29.8 Å². The van der Waals surface area contributed by atoms with Gasteiger partial charge in [-0.2, -0.15) is 0 Å². The molecular weight excluding hydrogens is 324 g/mol. The number of aliphatic hydroxyl groups is 1. The number of likely N-dealkylation sites (tertiary alicyclic amines) is 1. The zero-order chi connectivity index (χ0) is 17.1. The average Bonchev–Trinajstić information content (AvgIpc) is 3.36. The van der Waals surface area contributed by atoms with E-state index in [1.807, 2.05) is 35.4 Å². The van der Waals surface area contributed by atoms with Gasteiger partial charge in [0.05, 0.1) is 12.5 Å². The Labute approximate surface area is 147 Å². The van der Waals surface area contributed by atoms with Crippen LogP contribution in [0.4, 0.5) is 0 Å². The number of thioether (sulfide) groups is 1. The van der Waals surface area contributed by atoms with Crippen molar-refractivity contribution < 1.29 is 14.7 Å². The van der Waals surface area contributed by atoms with Crippen molar-refractivity contribution in [2.75, 3.05) is 26.0 Å². The molecule has 2 aliphatic rings. The molecule has 0 radical (unpaired) electrons. The van der Waals surface area contributed by atoms with Gasteiger partial charge in [-0.3, -0.25) is 9.59 Å². The average molecular weight is 348 g/mol. The van der Waals surface area contributed by atoms with Crippen molar-refractivity contribution in [3.63, 3.8) is 0 Å². The van der Waals surface area contributed by atoms with Gasteiger partial charge in [-0.25, -0.2) is 0 Å². The summed E-state index contributed by atoms with van der Waals surface area (Å²) in [6.45, 7) is 1.25. The Balaban J connectivity index is 1.65. The fraction of sp³-hybridized carbons (Fsp3) is 0.556. The number of aliphatic hydroxyl groups excluding tert-OH is 1. The molecule has 2 fully saturated rings. The summed E-state index contributed by atoms with van der Waals surface area (Å²) in [6, 6.07) is 8.46. The maximum Gasteiger partial charge on any atom is 0.228 e. The summed E-state index contributed by atoms with van der Waals surface area (Å²) in [7, 11) is 0. The van der Waals surface area contributed by atoms with Gasteiger partial charge in [0, 0.05) is 37.0 Å². The van der Waals surface area contributed by atoms with Crippen molar-refractivity contribution >= 4 is 23.6 Å². The van der Waals surface area contributed by atoms with E-state index in [4.69, 9.17) is 0 Å². The maximum atomic E-state index is 12.8. The van der Waals surface area contributed by atoms with Gasteiger partial charge < -0.3 is 14.9 Å². The van der Waals surface area contributed by atoms with Crippen LogP contribution in [0.3, 0.4) is 0 Å². The van der Waals surface area contributed by atoms with Gasteiger partial charge in [0.2, 0.25) is 11.8 Å². The molecule has 6 heteroatoms. The number of amides is 2. The van der Waals surface area contributed by atoms with Crippen LogP contribution in [0.15, 0.2) is 29.2 Å². The van der Waals surface area contributed by atoms with E-state index >= 15 is 0 Å². The predicted molar refractivity (Wildman–Crippen MR) is 93.6 cm³/mol. The molecule has 1 saturated heterocycles. The molecule has 5 nitrogen and oxygen atoms in total. The Morgan fingerprint density at radius 3 is 2.62 bits per heavy atom. The minimum atomic E-state index is -0.268. The second-order valence-corrected chi connectivity index (χ2v) is 7.39. The molecule has 3 rings (SSSR count). The molecule has 1 aromatic rings. The number of hydrogen-bond acceptors (Lipinski definition) is 4. The van der Waals surface area contributed by atoms with E-state index in [-0.39, 0.29) is 24.3 Å². The molecule has 0 unspecified atom stereocenters. The van der Waals surface area contributed by atoms with E-state index in [9.17, 15) is 14.7 Å². The zero-order valence-corrected chi connectivity index (χ0v) is 14.8. The van der Waals surface area contributed by atoms with Crippen molar-refractivity contribution in [3.8, 4) is 0 Å². The summed E-state index contributed by atoms with van der Waals surface area (Å²) in [5.41, 5.74) is 1.04. The van der Waals surface area contributed by atoms with E-state index in [0.717, 1.165) is 18.4 Å². The summed E-state index contributed by atoms with van der Waals surface area (Å²) in [4.78, 5) is 29.6. The van der Waals surface area contributed by atoms with Crippen LogP contribution in [0.5, 0.6) is 0 Å². The van der Waals surface area contributed by atoms with E-state index < -0.39 is 0 Å². The summed E-state index contributed by atoms with van der Waals surface area (Å²) < 4.78 is 0. The molecule has 1 saturated carbocycles. The molecule has 1 aliphatic heterocycles. The first-order valence-electron chi connectivity index (χ1n) is 8.44. The van der Waals surface area contributed by atoms with Gasteiger partial charge >= 0.3 is 0 Å². The van der Waals surface area contributed by atoms with Crippen LogP contribution in [-0.2, 0) is 16.1 Å². The van der Waals surface area contributed by atoms with Gasteiger partial charge in [0.25, 0.3) is 0 Å². The van der Waals surface area contributed by atoms with Crippen LogP contribution < -0.4 is 0 Å². The summed E-state index contributed by atoms with van der Waals surface area (Å²) >= 11 is 1.68. The number of rotatable bonds is 7. The molecule has 0 spiro atoms. The summed E-state index contributed by atoms with van der Waals surface area (Å²) in [6.07, 6.45) is 4.46. The Hall–Kier alpha value is -1.53. The molecule has 130 valence electrons. The van der Waals surface area contributed by atoms with Crippen LogP contribution in [0, 0.1) is 5.92 Å². The van der Waals surface area contributed by atoms with Crippen LogP contribution >= 0.6 is 11.8 Å². The smallest absolute Gasteiger partial charge is 0.228 e. The third-order valence-corrected chi connectivity index (χ3v) is 5.45. The standard InChI is InChI=1S/C18H24N2O3S/c1-24-16-6-2-13(3-7-16)11-19(8-9-21)18(23)14-10-17(22)20(12-14)15-4-5-15/h2-3,6-7,14-15,21H,4-5,8-12H2,1H3/t14-/m0/s1. The van der Waals surface area contributed by atoms with Crippen molar-refractivity contribution in [2.24, 2.45) is 5.92 Å². The van der Waals surface area contributed by atoms with Crippen LogP contribution in [0.1, 0.15) is 24.8 Å². The summed E-state index contributed by atoms with van der Waals surface area (Å²) in [5, 5.41) is 9.32. The predicted octanol–water partition coefficient (Wildman–Crippen LogP) is 1.74. The lowest BCUT2D eigenvalue weighted by Gasteiger charge is -2.25. The van der Waals surface area contributed by atoms with Gasteiger partial charge in [-0.1, -0.05) is 12.1 Å². The Bertz CT molecular complexity index is 601. The van der Waals surface area contributed by atoms with E-state index in [1.165, 1.54) is 4.90 Å². The van der Waals surface area contributed by atoms with Crippen molar-refractivity contribution in [2.45, 2.75) is 36.7 Å². The molecule has 2 amide bonds. The molecule has 1 aliphatic carbocycles. The minimum Gasteiger partial charge on any atom is -0.395 e. The lowest BCUT2D eigenvalue weighted by molar-refractivity contribution is -0.137. The quantitative estimate of drug-likeness (QED) is 0.763. The van der Waals surface area contributed by atoms with Gasteiger partial charge in [-0.15, -0.1) is 11.8 Å². The van der Waals surface area contributed by atoms with Gasteiger partial charge in [-0.05, 0) is 36.8 Å². The Morgan fingerprint density at radius 2 is 2.04 bits per heavy atom. The van der Waals surface area contributed by atoms with Crippen LogP contribution in [-0.4, -0.2) is 58.7 Å². The Kier molecular flexibility index (Phi) is 5.46. The first-order chi connectivity index (χ1) is 11.6. The molecule has 1 N–H and O–H groups in total. The van der Waals surface area contributed by atoms with Crippen LogP contribution in [0.25, 0.3) is 0 Å². The fourth-order valence-electron chi connectivity index (χ4n) is 3.23. The highest BCUT2D eigenvalue weighted by molar-refractivity contribution is 7.98. The van der Waals surface area contributed by atoms with Crippen LogP contribution in [0.2, 0.25) is 0 Å². The highest BCUT2D eigenvalue weighted by Crippen LogP contribution is 2.33. The highest BCUT2D eigenvalue weighted by Gasteiger charge is 2.42. The molecule has 0 bridgehead atoms. The second kappa shape index (κ2) is 7.57. The van der Waals surface area contributed by atoms with Gasteiger partial charge in [0.15, 0.2) is 0 Å². The maximum absolute atomic E-state index is 12.8. The van der Waals surface area contributed by atoms with E-state index in [1.54, 1.807) is 16.7 Å². The molecular formula is C18H24N2O3S. The van der Waals surface area contributed by atoms with E-state index in [0.29, 0.717) is 32.1 Å². The minimum absolute atomic E-state index is 0.0190. The fourth-order valence-corrected chi connectivity index (χ4v) is 3.64. The molecule has 1 heterocycles. The first-order valence-corrected chi connectivity index (χ1v) is 9.67. The number of carbonyl (C=O) groups excluding carboxylic acids is 2. The SMILES string of the molecule is CSc1ccc(CN(CCO)C(=O)[C@H]2CC(=O)N(C3CC3)C2)cc1. The topological polar surface area (TPSA) is 60.9 Å². The number of benzene rings is 1. The normalized spacial score (nSPS) is 20.5. The molecule has 1 aromatic carbocycles. The largest absolute Gasteiger partial charge is 0.395 e. The second-order valence-electron chi connectivity index (χ2n) is 6.51. The van der Waals surface area contributed by atoms with Crippen molar-refractivity contribution in [1.82, 2.24) is 9.80 Å². The molecule has 0 aromatic heterocycles. The third kappa shape index (κ3) is 3.92. The summed E-state index contributed by atoms with van der Waals surface area (Å²) in [5.74, 6) is -0.186. The number of nitrogens with zero attached hydrogens (tertiary/aromatic N) is 2. The monoisotopic (exact) mass is 348 g/mol. The lowest BCUT2D eigenvalue weighted by atomic mass is 10.1. The lowest BCUT2D eigenvalue weighted by Crippen LogP contribution is -2.39. The number of carbonyl (C=O) groups is 2. The third-order valence-electron chi connectivity index (χ3n) is 4.71. The first kappa shape index (κ1) is 17.3. The number of hydrogen-bond donors (Lipinski definition) is 1. The highest BCUT2D eigenvalue weighted by atomic mass is 32.2. The Morgan fingerprint density at radius 1 is 1.33 bits per heavy atom.